The molecule has 6 fully saturated rings. The summed E-state index contributed by atoms with van der Waals surface area (Å²) >= 11 is 0. The minimum atomic E-state index is -1.08. The van der Waals surface area contributed by atoms with Crippen molar-refractivity contribution in [2.45, 2.75) is 254 Å². The van der Waals surface area contributed by atoms with Gasteiger partial charge >= 0.3 is 39.0 Å². The summed E-state index contributed by atoms with van der Waals surface area (Å²) in [6.07, 6.45) is 47.6. The molecule has 0 aromatic heterocycles. The Morgan fingerprint density at radius 2 is 0.375 bits per heavy atom. The summed E-state index contributed by atoms with van der Waals surface area (Å²) in [5, 5.41) is 35.6. The van der Waals surface area contributed by atoms with Crippen LogP contribution in [0.3, 0.4) is 0 Å². The van der Waals surface area contributed by atoms with Crippen molar-refractivity contribution < 1.29 is 78.6 Å². The van der Waals surface area contributed by atoms with Crippen molar-refractivity contribution in [3.63, 3.8) is 0 Å². The van der Waals surface area contributed by atoms with Crippen molar-refractivity contribution in [1.29, 1.82) is 0 Å². The van der Waals surface area contributed by atoms with Crippen molar-refractivity contribution in [2.24, 2.45) is 0 Å². The van der Waals surface area contributed by atoms with Gasteiger partial charge in [-0.15, -0.1) is 0 Å². The quantitative estimate of drug-likeness (QED) is 0.196. The maximum atomic E-state index is 8.89. The number of aliphatic carboxylic acids is 4. The molecule has 0 unspecified atom stereocenters. The van der Waals surface area contributed by atoms with Gasteiger partial charge in [0.25, 0.3) is 0 Å². The van der Waals surface area contributed by atoms with Crippen LogP contribution in [0.4, 0.5) is 0 Å². The van der Waals surface area contributed by atoms with Gasteiger partial charge in [-0.25, -0.2) is 0 Å². The van der Waals surface area contributed by atoms with Crippen LogP contribution in [-0.2, 0) is 58.1 Å². The van der Waals surface area contributed by atoms with E-state index in [0.29, 0.717) is 0 Å². The number of carboxylic acids is 4. The molecule has 330 valence electrons. The Hall–Kier alpha value is -0.0132. The summed E-state index contributed by atoms with van der Waals surface area (Å²) in [5.41, 5.74) is 7.36. The average molecular weight is 1000 g/mol. The minimum Gasteiger partial charge on any atom is -0.550 e. The van der Waals surface area contributed by atoms with Crippen LogP contribution in [0.15, 0.2) is 0 Å². The van der Waals surface area contributed by atoms with Gasteiger partial charge in [0.15, 0.2) is 0 Å². The Balaban J connectivity index is 0. The van der Waals surface area contributed by atoms with E-state index < -0.39 is 23.9 Å². The van der Waals surface area contributed by atoms with E-state index in [4.69, 9.17) is 39.6 Å². The van der Waals surface area contributed by atoms with Gasteiger partial charge < -0.3 is 39.6 Å². The smallest absolute Gasteiger partial charge is 0.550 e. The first kappa shape index (κ1) is 58.1. The number of carboxylic acid groups (broad SMARTS) is 4. The van der Waals surface area contributed by atoms with Crippen LogP contribution in [0.5, 0.6) is 0 Å². The molecule has 6 saturated carbocycles. The molecule has 12 heteroatoms. The van der Waals surface area contributed by atoms with Crippen LogP contribution in [0.2, 0.25) is 0 Å². The number of rotatable bonds is 6. The Kier molecular flexibility index (Phi) is 38.2. The normalized spacial score (nSPS) is 21.4. The van der Waals surface area contributed by atoms with Gasteiger partial charge in [-0.1, -0.05) is 38.5 Å². The van der Waals surface area contributed by atoms with E-state index in [1.165, 1.54) is 34.0 Å². The molecule has 0 aromatic carbocycles. The first-order chi connectivity index (χ1) is 25.8. The van der Waals surface area contributed by atoms with Gasteiger partial charge in [-0.3, -0.25) is 0 Å². The maximum absolute atomic E-state index is 8.89. The Bertz CT molecular complexity index is 782. The fraction of sp³-hybridized carbons (Fsp3) is 0.909. The Morgan fingerprint density at radius 3 is 0.464 bits per heavy atom. The first-order valence-corrected chi connectivity index (χ1v) is 25.7. The molecule has 0 aliphatic heterocycles. The Labute approximate surface area is 370 Å². The van der Waals surface area contributed by atoms with Crippen molar-refractivity contribution in [1.82, 2.24) is 0 Å². The summed E-state index contributed by atoms with van der Waals surface area (Å²) in [5.74, 6) is -4.33. The van der Waals surface area contributed by atoms with E-state index in [-0.39, 0.29) is 54.8 Å². The summed E-state index contributed by atoms with van der Waals surface area (Å²) in [6, 6.07) is 0. The molecule has 6 aliphatic rings. The molecule has 56 heavy (non-hydrogen) atoms. The minimum absolute atomic E-state index is 0. The Morgan fingerprint density at radius 1 is 0.286 bits per heavy atom. The zero-order valence-corrected chi connectivity index (χ0v) is 40.9. The molecule has 0 atom stereocenters. The first-order valence-electron chi connectivity index (χ1n) is 22.3. The second-order valence-electron chi connectivity index (χ2n) is 17.0. The van der Waals surface area contributed by atoms with Crippen LogP contribution >= 0.6 is 15.8 Å². The monoisotopic (exact) mass is 1000 g/mol. The molecule has 6 aliphatic carbocycles. The fourth-order valence-electron chi connectivity index (χ4n) is 10.6. The topological polar surface area (TPSA) is 161 Å². The third kappa shape index (κ3) is 29.2. The van der Waals surface area contributed by atoms with Gasteiger partial charge in [0.2, 0.25) is 0 Å². The average Bonchev–Trinajstić information content (AvgIpc) is 3.14. The zero-order chi connectivity index (χ0) is 40.1. The number of hydrogen-bond donors (Lipinski definition) is 0. The molecule has 0 bridgehead atoms. The van der Waals surface area contributed by atoms with Gasteiger partial charge in [0, 0.05) is 39.7 Å². The van der Waals surface area contributed by atoms with Gasteiger partial charge in [0.1, 0.15) is 0 Å². The molecule has 2 radical (unpaired) electrons. The molecule has 0 amide bonds. The standard InChI is InChI=1S/2C18H33P.4C2H4O2.2Rh/c2*1-4-10-16(11-5-1)19(17-12-6-2-7-13-17)18-14-8-3-9-15-18;4*1-2(3)4;;/h2*16-18H,1-15H2;4*1H3,(H,3,4);;/q;;;;;;2*+2/p-2. The molecule has 0 aromatic rings. The summed E-state index contributed by atoms with van der Waals surface area (Å²) in [4.78, 5) is 35.6. The third-order valence-electron chi connectivity index (χ3n) is 12.5. The summed E-state index contributed by atoms with van der Waals surface area (Å²) in [6.45, 7) is 3.89. The van der Waals surface area contributed by atoms with E-state index in [0.717, 1.165) is 27.7 Å². The third-order valence-corrected chi connectivity index (χ3v) is 21.6. The van der Waals surface area contributed by atoms with Gasteiger partial charge in [0.05, 0.1) is 34.0 Å². The molecule has 6 rings (SSSR count). The van der Waals surface area contributed by atoms with Crippen LogP contribution in [0, 0.1) is 0 Å². The number of carbonyl (C=O) groups is 4. The summed E-state index contributed by atoms with van der Waals surface area (Å²) < 4.78 is 0. The predicted molar refractivity (Wildman–Crippen MR) is 221 cm³/mol. The van der Waals surface area contributed by atoms with Gasteiger partial charge in [-0.2, -0.15) is 0 Å². The van der Waals surface area contributed by atoms with Crippen molar-refractivity contribution in [3.05, 3.63) is 0 Å². The zero-order valence-electron chi connectivity index (χ0n) is 35.6. The van der Waals surface area contributed by atoms with E-state index in [9.17, 15) is 0 Å². The molecular weight excluding hydrogens is 924 g/mol. The van der Waals surface area contributed by atoms with Crippen LogP contribution in [-0.4, -0.2) is 57.8 Å². The van der Waals surface area contributed by atoms with Crippen LogP contribution in [0.25, 0.3) is 0 Å². The second-order valence-corrected chi connectivity index (χ2v) is 23.9. The van der Waals surface area contributed by atoms with Crippen molar-refractivity contribution in [3.8, 4) is 0 Å². The SMILES string of the molecule is C1CCC([PH+](C2CCCCC2)C2CCCCC2)CC1.C1CCC([PH+](C2CCCCC2)C2CCCCC2)CC1.CC(=O)[O-].CC(=O)[O-].CC(=O)[O-].CC(=O)[O-].[Rh+2].[Rh+2]. The van der Waals surface area contributed by atoms with Gasteiger partial charge in [-0.05, 0) is 182 Å². The van der Waals surface area contributed by atoms with E-state index >= 15 is 0 Å². The second kappa shape index (κ2) is 36.8. The largest absolute Gasteiger partial charge is 2.00 e. The maximum Gasteiger partial charge on any atom is 2.00 e. The van der Waals surface area contributed by atoms with E-state index in [1.807, 2.05) is 0 Å². The van der Waals surface area contributed by atoms with Crippen molar-refractivity contribution >= 4 is 39.7 Å². The number of carbonyl (C=O) groups excluding carboxylic acids is 4. The summed E-state index contributed by atoms with van der Waals surface area (Å²) in [7, 11) is -0.0930. The molecule has 8 nitrogen and oxygen atoms in total. The molecule has 0 N–H and O–H groups in total. The van der Waals surface area contributed by atoms with Crippen LogP contribution < -0.4 is 20.4 Å². The predicted octanol–water partition coefficient (Wildman–Crippen LogP) is 7.42. The van der Waals surface area contributed by atoms with Crippen LogP contribution in [0.1, 0.15) is 220 Å². The number of hydrogen-bond acceptors (Lipinski definition) is 8. The van der Waals surface area contributed by atoms with E-state index in [1.54, 1.807) is 193 Å². The molecule has 0 spiro atoms. The fourth-order valence-corrected chi connectivity index (χ4v) is 21.1. The molecular formula is C44H80O8P2Rh2+2. The molecule has 0 saturated heterocycles. The van der Waals surface area contributed by atoms with Crippen molar-refractivity contribution in [2.75, 3.05) is 0 Å². The van der Waals surface area contributed by atoms with E-state index in [2.05, 4.69) is 0 Å². The molecule has 0 heterocycles.